The van der Waals surface area contributed by atoms with Crippen LogP contribution < -0.4 is 10.6 Å². The Morgan fingerprint density at radius 2 is 2.15 bits per heavy atom. The van der Waals surface area contributed by atoms with Gasteiger partial charge in [-0.25, -0.2) is 0 Å². The predicted molar refractivity (Wildman–Crippen MR) is 107 cm³/mol. The fraction of sp³-hybridized carbons (Fsp3) is 0.222. The lowest BCUT2D eigenvalue weighted by Crippen LogP contribution is -2.30. The largest absolute Gasteiger partial charge is 0.350 e. The number of aromatic nitrogens is 3. The van der Waals surface area contributed by atoms with E-state index < -0.39 is 0 Å². The van der Waals surface area contributed by atoms with Crippen molar-refractivity contribution in [1.29, 1.82) is 0 Å². The number of nitrogens with zero attached hydrogens (tertiary/aromatic N) is 3. The van der Waals surface area contributed by atoms with Crippen LogP contribution in [0.1, 0.15) is 18.7 Å². The Hall–Kier alpha value is -2.65. The first kappa shape index (κ1) is 19.1. The summed E-state index contributed by atoms with van der Waals surface area (Å²) < 4.78 is 1.79. The number of amides is 2. The molecule has 0 fully saturated rings. The van der Waals surface area contributed by atoms with Gasteiger partial charge in [-0.3, -0.25) is 14.2 Å². The van der Waals surface area contributed by atoms with E-state index in [1.807, 2.05) is 48.7 Å². The number of hydrogen-bond donors (Lipinski definition) is 2. The summed E-state index contributed by atoms with van der Waals surface area (Å²) in [6.45, 7) is 3.82. The minimum Gasteiger partial charge on any atom is -0.350 e. The van der Waals surface area contributed by atoms with E-state index >= 15 is 0 Å². The number of carbonyl (C=O) groups is 2. The van der Waals surface area contributed by atoms with Crippen LogP contribution in [0.15, 0.2) is 53.3 Å². The van der Waals surface area contributed by atoms with Crippen LogP contribution in [0.5, 0.6) is 0 Å². The standard InChI is InChI=1S/C18H19N5O2S2/c1-12(17(25)19-10-16-7-4-8-26-16)27-18-22-20-11-23(18)15-6-3-5-14(9-15)21-13(2)24/h3-9,11-12H,10H2,1-2H3,(H,19,25)(H,21,24). The number of rotatable bonds is 7. The second kappa shape index (κ2) is 8.83. The van der Waals surface area contributed by atoms with E-state index in [-0.39, 0.29) is 17.1 Å². The Balaban J connectivity index is 1.67. The molecule has 27 heavy (non-hydrogen) atoms. The third kappa shape index (κ3) is 5.18. The Labute approximate surface area is 165 Å². The first-order chi connectivity index (χ1) is 13.0. The molecule has 1 unspecified atom stereocenters. The van der Waals surface area contributed by atoms with Crippen molar-refractivity contribution in [3.8, 4) is 5.69 Å². The zero-order chi connectivity index (χ0) is 19.2. The maximum absolute atomic E-state index is 12.4. The third-order valence-electron chi connectivity index (χ3n) is 3.63. The maximum atomic E-state index is 12.4. The summed E-state index contributed by atoms with van der Waals surface area (Å²) in [5, 5.41) is 16.0. The van der Waals surface area contributed by atoms with Crippen molar-refractivity contribution in [2.24, 2.45) is 0 Å². The van der Waals surface area contributed by atoms with Crippen molar-refractivity contribution in [1.82, 2.24) is 20.1 Å². The Bertz CT molecular complexity index is 923. The van der Waals surface area contributed by atoms with E-state index in [1.54, 1.807) is 22.2 Å². The average Bonchev–Trinajstić information content (AvgIpc) is 3.31. The first-order valence-electron chi connectivity index (χ1n) is 8.27. The molecule has 0 radical (unpaired) electrons. The van der Waals surface area contributed by atoms with Gasteiger partial charge < -0.3 is 10.6 Å². The van der Waals surface area contributed by atoms with Crippen molar-refractivity contribution < 1.29 is 9.59 Å². The second-order valence-electron chi connectivity index (χ2n) is 5.77. The van der Waals surface area contributed by atoms with Gasteiger partial charge in [-0.05, 0) is 36.6 Å². The van der Waals surface area contributed by atoms with Gasteiger partial charge in [0.1, 0.15) is 6.33 Å². The van der Waals surface area contributed by atoms with E-state index in [9.17, 15) is 9.59 Å². The molecule has 140 valence electrons. The number of benzene rings is 1. The van der Waals surface area contributed by atoms with Gasteiger partial charge >= 0.3 is 0 Å². The highest BCUT2D eigenvalue weighted by Gasteiger charge is 2.18. The third-order valence-corrected chi connectivity index (χ3v) is 5.56. The van der Waals surface area contributed by atoms with Gasteiger partial charge in [0, 0.05) is 17.5 Å². The lowest BCUT2D eigenvalue weighted by molar-refractivity contribution is -0.120. The van der Waals surface area contributed by atoms with Crippen LogP contribution in [0.4, 0.5) is 5.69 Å². The molecule has 0 aliphatic heterocycles. The summed E-state index contributed by atoms with van der Waals surface area (Å²) in [5.41, 5.74) is 1.49. The maximum Gasteiger partial charge on any atom is 0.233 e. The lowest BCUT2D eigenvalue weighted by Gasteiger charge is -2.12. The van der Waals surface area contributed by atoms with Gasteiger partial charge in [-0.2, -0.15) is 0 Å². The average molecular weight is 402 g/mol. The highest BCUT2D eigenvalue weighted by molar-refractivity contribution is 8.00. The molecule has 0 bridgehead atoms. The van der Waals surface area contributed by atoms with Crippen LogP contribution in [0.25, 0.3) is 5.69 Å². The molecule has 0 aliphatic carbocycles. The second-order valence-corrected chi connectivity index (χ2v) is 8.11. The van der Waals surface area contributed by atoms with E-state index in [2.05, 4.69) is 20.8 Å². The minimum absolute atomic E-state index is 0.0602. The number of nitrogens with one attached hydrogen (secondary N) is 2. The number of anilines is 1. The first-order valence-corrected chi connectivity index (χ1v) is 10.0. The molecule has 2 heterocycles. The molecule has 0 saturated heterocycles. The highest BCUT2D eigenvalue weighted by Crippen LogP contribution is 2.25. The summed E-state index contributed by atoms with van der Waals surface area (Å²) in [5.74, 6) is -0.198. The van der Waals surface area contributed by atoms with Gasteiger partial charge in [0.05, 0.1) is 17.5 Å². The molecule has 7 nitrogen and oxygen atoms in total. The molecule has 9 heteroatoms. The predicted octanol–water partition coefficient (Wildman–Crippen LogP) is 3.08. The van der Waals surface area contributed by atoms with Crippen molar-refractivity contribution in [2.45, 2.75) is 30.8 Å². The number of carbonyl (C=O) groups excluding carboxylic acids is 2. The van der Waals surface area contributed by atoms with Crippen LogP contribution in [0, 0.1) is 0 Å². The topological polar surface area (TPSA) is 88.9 Å². The fourth-order valence-electron chi connectivity index (χ4n) is 2.36. The van der Waals surface area contributed by atoms with Crippen molar-refractivity contribution in [3.05, 3.63) is 53.0 Å². The van der Waals surface area contributed by atoms with Gasteiger partial charge in [0.25, 0.3) is 0 Å². The molecule has 0 spiro atoms. The fourth-order valence-corrected chi connectivity index (χ4v) is 3.87. The van der Waals surface area contributed by atoms with E-state index in [4.69, 9.17) is 0 Å². The molecule has 1 atom stereocenters. The number of thioether (sulfide) groups is 1. The Morgan fingerprint density at radius 3 is 2.89 bits per heavy atom. The molecule has 3 rings (SSSR count). The molecule has 2 aromatic heterocycles. The molecular weight excluding hydrogens is 382 g/mol. The van der Waals surface area contributed by atoms with E-state index in [0.29, 0.717) is 17.4 Å². The Morgan fingerprint density at radius 1 is 1.30 bits per heavy atom. The molecule has 0 aliphatic rings. The van der Waals surface area contributed by atoms with Gasteiger partial charge in [0.2, 0.25) is 11.8 Å². The van der Waals surface area contributed by atoms with Crippen molar-refractivity contribution in [3.63, 3.8) is 0 Å². The lowest BCUT2D eigenvalue weighted by atomic mass is 10.2. The van der Waals surface area contributed by atoms with Crippen LogP contribution in [0.3, 0.4) is 0 Å². The van der Waals surface area contributed by atoms with Crippen LogP contribution in [-0.2, 0) is 16.1 Å². The van der Waals surface area contributed by atoms with Gasteiger partial charge in [-0.1, -0.05) is 23.9 Å². The quantitative estimate of drug-likeness (QED) is 0.594. The zero-order valence-corrected chi connectivity index (χ0v) is 16.5. The van der Waals surface area contributed by atoms with Crippen LogP contribution in [-0.4, -0.2) is 31.8 Å². The normalized spacial score (nSPS) is 11.8. The summed E-state index contributed by atoms with van der Waals surface area (Å²) >= 11 is 2.94. The molecule has 1 aromatic carbocycles. The summed E-state index contributed by atoms with van der Waals surface area (Å²) in [6.07, 6.45) is 1.59. The monoisotopic (exact) mass is 401 g/mol. The molecule has 3 aromatic rings. The van der Waals surface area contributed by atoms with Gasteiger partial charge in [-0.15, -0.1) is 21.5 Å². The number of hydrogen-bond acceptors (Lipinski definition) is 6. The number of thiophene rings is 1. The molecule has 2 amide bonds. The van der Waals surface area contributed by atoms with Crippen LogP contribution >= 0.6 is 23.1 Å². The van der Waals surface area contributed by atoms with Gasteiger partial charge in [0.15, 0.2) is 5.16 Å². The Kier molecular flexibility index (Phi) is 6.25. The zero-order valence-electron chi connectivity index (χ0n) is 14.9. The summed E-state index contributed by atoms with van der Waals surface area (Å²) in [4.78, 5) is 24.7. The summed E-state index contributed by atoms with van der Waals surface area (Å²) in [7, 11) is 0. The highest BCUT2D eigenvalue weighted by atomic mass is 32.2. The molecule has 0 saturated carbocycles. The van der Waals surface area contributed by atoms with Crippen LogP contribution in [0.2, 0.25) is 0 Å². The SMILES string of the molecule is CC(=O)Nc1cccc(-n2cnnc2SC(C)C(=O)NCc2cccs2)c1. The van der Waals surface area contributed by atoms with E-state index in [0.717, 1.165) is 10.6 Å². The molecular formula is C18H19N5O2S2. The van der Waals surface area contributed by atoms with Crippen molar-refractivity contribution in [2.75, 3.05) is 5.32 Å². The minimum atomic E-state index is -0.327. The van der Waals surface area contributed by atoms with Crippen molar-refractivity contribution >= 4 is 40.6 Å². The smallest absolute Gasteiger partial charge is 0.233 e. The van der Waals surface area contributed by atoms with E-state index in [1.165, 1.54) is 18.7 Å². The summed E-state index contributed by atoms with van der Waals surface area (Å²) in [6, 6.07) is 11.3. The molecule has 2 N–H and O–H groups in total.